The van der Waals surface area contributed by atoms with Crippen LogP contribution < -0.4 is 0 Å². The van der Waals surface area contributed by atoms with Crippen LogP contribution in [0.15, 0.2) is 0 Å². The van der Waals surface area contributed by atoms with Gasteiger partial charge in [0.1, 0.15) is 6.10 Å². The average Bonchev–Trinajstić information content (AvgIpc) is 3.23. The van der Waals surface area contributed by atoms with Crippen LogP contribution >= 0.6 is 0 Å². The summed E-state index contributed by atoms with van der Waals surface area (Å²) < 4.78 is 11.2. The van der Waals surface area contributed by atoms with Crippen molar-refractivity contribution >= 4 is 5.91 Å². The summed E-state index contributed by atoms with van der Waals surface area (Å²) in [5, 5.41) is 10.0. The monoisotopic (exact) mass is 326 g/mol. The van der Waals surface area contributed by atoms with Crippen LogP contribution in [0.5, 0.6) is 0 Å². The van der Waals surface area contributed by atoms with Crippen LogP contribution in [-0.4, -0.2) is 84.6 Å². The van der Waals surface area contributed by atoms with Crippen molar-refractivity contribution in [2.75, 3.05) is 39.4 Å². The molecule has 0 aromatic carbocycles. The van der Waals surface area contributed by atoms with Gasteiger partial charge in [-0.2, -0.15) is 0 Å². The Kier molecular flexibility index (Phi) is 5.91. The highest BCUT2D eigenvalue weighted by atomic mass is 16.5. The SMILES string of the molecule is C[C@H](OC[C@@H]1CCCO1)C(=O)N1CCN([C@H]2CCC[C@@H]2O)CC1. The fourth-order valence-corrected chi connectivity index (χ4v) is 3.98. The van der Waals surface area contributed by atoms with E-state index in [0.29, 0.717) is 12.6 Å². The number of nitrogens with zero attached hydrogens (tertiary/aromatic N) is 2. The minimum absolute atomic E-state index is 0.0783. The van der Waals surface area contributed by atoms with Gasteiger partial charge in [0.15, 0.2) is 0 Å². The zero-order valence-corrected chi connectivity index (χ0v) is 14.2. The number of amides is 1. The topological polar surface area (TPSA) is 62.2 Å². The zero-order valence-electron chi connectivity index (χ0n) is 14.2. The Morgan fingerprint density at radius 2 is 2.00 bits per heavy atom. The van der Waals surface area contributed by atoms with Gasteiger partial charge in [-0.1, -0.05) is 0 Å². The molecule has 1 amide bonds. The van der Waals surface area contributed by atoms with E-state index in [0.717, 1.165) is 64.9 Å². The molecule has 0 radical (unpaired) electrons. The zero-order chi connectivity index (χ0) is 16.2. The molecular formula is C17H30N2O4. The van der Waals surface area contributed by atoms with Gasteiger partial charge in [0, 0.05) is 38.8 Å². The van der Waals surface area contributed by atoms with Gasteiger partial charge in [0.05, 0.1) is 18.8 Å². The van der Waals surface area contributed by atoms with Crippen LogP contribution in [0.3, 0.4) is 0 Å². The number of hydrogen-bond acceptors (Lipinski definition) is 5. The van der Waals surface area contributed by atoms with Gasteiger partial charge in [-0.15, -0.1) is 0 Å². The number of aliphatic hydroxyl groups is 1. The number of carbonyl (C=O) groups excluding carboxylic acids is 1. The first-order chi connectivity index (χ1) is 11.1. The van der Waals surface area contributed by atoms with Gasteiger partial charge in [-0.05, 0) is 39.0 Å². The molecule has 3 aliphatic rings. The summed E-state index contributed by atoms with van der Waals surface area (Å²) in [5.41, 5.74) is 0. The van der Waals surface area contributed by atoms with Gasteiger partial charge in [-0.3, -0.25) is 9.69 Å². The molecule has 3 fully saturated rings. The van der Waals surface area contributed by atoms with E-state index in [1.54, 1.807) is 0 Å². The number of ether oxygens (including phenoxy) is 2. The van der Waals surface area contributed by atoms with E-state index in [1.807, 2.05) is 11.8 Å². The molecule has 4 atom stereocenters. The number of aliphatic hydroxyl groups excluding tert-OH is 1. The molecule has 0 aromatic heterocycles. The maximum Gasteiger partial charge on any atom is 0.251 e. The molecule has 1 saturated carbocycles. The largest absolute Gasteiger partial charge is 0.391 e. The molecule has 2 aliphatic heterocycles. The summed E-state index contributed by atoms with van der Waals surface area (Å²) in [4.78, 5) is 16.7. The fourth-order valence-electron chi connectivity index (χ4n) is 3.98. The Bertz CT molecular complexity index is 392. The normalized spacial score (nSPS) is 34.0. The molecule has 132 valence electrons. The molecule has 0 bridgehead atoms. The second-order valence-corrected chi connectivity index (χ2v) is 7.04. The third-order valence-corrected chi connectivity index (χ3v) is 5.44. The first-order valence-electron chi connectivity index (χ1n) is 9.09. The van der Waals surface area contributed by atoms with E-state index in [1.165, 1.54) is 0 Å². The van der Waals surface area contributed by atoms with Crippen LogP contribution in [0.1, 0.15) is 39.0 Å². The van der Waals surface area contributed by atoms with Crippen LogP contribution in [0.25, 0.3) is 0 Å². The highest BCUT2D eigenvalue weighted by Crippen LogP contribution is 2.25. The summed E-state index contributed by atoms with van der Waals surface area (Å²) in [6, 6.07) is 0.292. The summed E-state index contributed by atoms with van der Waals surface area (Å²) in [7, 11) is 0. The standard InChI is InChI=1S/C17H30N2O4/c1-13(23-12-14-4-3-11-22-14)17(21)19-9-7-18(8-10-19)15-5-2-6-16(15)20/h13-16,20H,2-12H2,1H3/t13-,14-,15-,16-/m0/s1. The van der Waals surface area contributed by atoms with Crippen LogP contribution in [0.4, 0.5) is 0 Å². The summed E-state index contributed by atoms with van der Waals surface area (Å²) in [5.74, 6) is 0.0783. The van der Waals surface area contributed by atoms with Crippen molar-refractivity contribution in [1.29, 1.82) is 0 Å². The fraction of sp³-hybridized carbons (Fsp3) is 0.941. The maximum absolute atomic E-state index is 12.5. The Labute approximate surface area is 138 Å². The first kappa shape index (κ1) is 17.1. The molecule has 0 spiro atoms. The Morgan fingerprint density at radius 3 is 2.61 bits per heavy atom. The third-order valence-electron chi connectivity index (χ3n) is 5.44. The van der Waals surface area contributed by atoms with Gasteiger partial charge in [0.2, 0.25) is 0 Å². The van der Waals surface area contributed by atoms with Crippen molar-refractivity contribution in [3.63, 3.8) is 0 Å². The Balaban J connectivity index is 1.40. The van der Waals surface area contributed by atoms with Crippen molar-refractivity contribution < 1.29 is 19.4 Å². The van der Waals surface area contributed by atoms with Gasteiger partial charge < -0.3 is 19.5 Å². The van der Waals surface area contributed by atoms with Gasteiger partial charge in [-0.25, -0.2) is 0 Å². The molecule has 23 heavy (non-hydrogen) atoms. The highest BCUT2D eigenvalue weighted by Gasteiger charge is 2.34. The molecule has 3 rings (SSSR count). The van der Waals surface area contributed by atoms with E-state index in [2.05, 4.69) is 4.90 Å². The smallest absolute Gasteiger partial charge is 0.251 e. The number of carbonyl (C=O) groups is 1. The average molecular weight is 326 g/mol. The van der Waals surface area contributed by atoms with Crippen molar-refractivity contribution in [3.8, 4) is 0 Å². The predicted molar refractivity (Wildman–Crippen MR) is 86.2 cm³/mol. The highest BCUT2D eigenvalue weighted by molar-refractivity contribution is 5.80. The van der Waals surface area contributed by atoms with E-state index in [-0.39, 0.29) is 18.1 Å². The van der Waals surface area contributed by atoms with Crippen molar-refractivity contribution in [1.82, 2.24) is 9.80 Å². The molecule has 1 aliphatic carbocycles. The van der Waals surface area contributed by atoms with Gasteiger partial charge in [0.25, 0.3) is 5.91 Å². The number of piperazine rings is 1. The lowest BCUT2D eigenvalue weighted by Crippen LogP contribution is -2.55. The van der Waals surface area contributed by atoms with Crippen LogP contribution in [-0.2, 0) is 14.3 Å². The molecule has 6 nitrogen and oxygen atoms in total. The predicted octanol–water partition coefficient (Wildman–Crippen LogP) is 0.628. The summed E-state index contributed by atoms with van der Waals surface area (Å²) in [6.45, 7) is 6.33. The summed E-state index contributed by atoms with van der Waals surface area (Å²) in [6.07, 6.45) is 4.79. The van der Waals surface area contributed by atoms with Crippen LogP contribution in [0.2, 0.25) is 0 Å². The molecular weight excluding hydrogens is 296 g/mol. The molecule has 6 heteroatoms. The minimum atomic E-state index is -0.400. The van der Waals surface area contributed by atoms with E-state index < -0.39 is 6.10 Å². The van der Waals surface area contributed by atoms with Crippen molar-refractivity contribution in [2.24, 2.45) is 0 Å². The molecule has 2 heterocycles. The van der Waals surface area contributed by atoms with E-state index >= 15 is 0 Å². The van der Waals surface area contributed by atoms with Crippen molar-refractivity contribution in [2.45, 2.75) is 63.4 Å². The minimum Gasteiger partial charge on any atom is -0.391 e. The molecule has 1 N–H and O–H groups in total. The Hall–Kier alpha value is -0.690. The second kappa shape index (κ2) is 7.92. The first-order valence-corrected chi connectivity index (χ1v) is 9.09. The van der Waals surface area contributed by atoms with Crippen molar-refractivity contribution in [3.05, 3.63) is 0 Å². The number of rotatable bonds is 5. The quantitative estimate of drug-likeness (QED) is 0.803. The number of hydrogen-bond donors (Lipinski definition) is 1. The van der Waals surface area contributed by atoms with Crippen LogP contribution in [0, 0.1) is 0 Å². The maximum atomic E-state index is 12.5. The lowest BCUT2D eigenvalue weighted by atomic mass is 10.1. The second-order valence-electron chi connectivity index (χ2n) is 7.04. The Morgan fingerprint density at radius 1 is 1.22 bits per heavy atom. The third kappa shape index (κ3) is 4.24. The molecule has 0 unspecified atom stereocenters. The van der Waals surface area contributed by atoms with E-state index in [9.17, 15) is 9.90 Å². The lowest BCUT2D eigenvalue weighted by molar-refractivity contribution is -0.146. The molecule has 0 aromatic rings. The molecule has 2 saturated heterocycles. The lowest BCUT2D eigenvalue weighted by Gasteiger charge is -2.39. The van der Waals surface area contributed by atoms with Gasteiger partial charge >= 0.3 is 0 Å². The van der Waals surface area contributed by atoms with E-state index in [4.69, 9.17) is 9.47 Å². The summed E-state index contributed by atoms with van der Waals surface area (Å²) >= 11 is 0.